The van der Waals surface area contributed by atoms with Gasteiger partial charge in [-0.2, -0.15) is 4.31 Å². The van der Waals surface area contributed by atoms with Gasteiger partial charge < -0.3 is 14.3 Å². The fourth-order valence-electron chi connectivity index (χ4n) is 5.19. The Morgan fingerprint density at radius 3 is 2.64 bits per heavy atom. The number of fused-ring (bicyclic) bond motifs is 1. The summed E-state index contributed by atoms with van der Waals surface area (Å²) < 4.78 is 36.6. The Labute approximate surface area is 226 Å². The van der Waals surface area contributed by atoms with Crippen LogP contribution >= 0.6 is 0 Å². The first-order chi connectivity index (χ1) is 18.8. The molecule has 4 heterocycles. The Bertz CT molecular complexity index is 1600. The second kappa shape index (κ2) is 11.3. The van der Waals surface area contributed by atoms with Crippen molar-refractivity contribution in [2.75, 3.05) is 19.7 Å². The van der Waals surface area contributed by atoms with Crippen molar-refractivity contribution in [3.8, 4) is 17.1 Å². The van der Waals surface area contributed by atoms with E-state index in [9.17, 15) is 13.2 Å². The van der Waals surface area contributed by atoms with Gasteiger partial charge in [0.15, 0.2) is 0 Å². The Kier molecular flexibility index (Phi) is 7.80. The van der Waals surface area contributed by atoms with E-state index in [-0.39, 0.29) is 10.5 Å². The summed E-state index contributed by atoms with van der Waals surface area (Å²) >= 11 is 0. The molecule has 1 aromatic carbocycles. The smallest absolute Gasteiger partial charge is 0.275 e. The van der Waals surface area contributed by atoms with Crippen molar-refractivity contribution in [2.45, 2.75) is 57.3 Å². The number of benzene rings is 1. The maximum absolute atomic E-state index is 13.7. The zero-order valence-electron chi connectivity index (χ0n) is 22.5. The highest BCUT2D eigenvalue weighted by Gasteiger charge is 2.31. The number of piperidine rings is 1. The van der Waals surface area contributed by atoms with E-state index in [0.29, 0.717) is 78.9 Å². The van der Waals surface area contributed by atoms with Gasteiger partial charge in [0.25, 0.3) is 5.56 Å². The van der Waals surface area contributed by atoms with Gasteiger partial charge in [0.1, 0.15) is 22.9 Å². The fraction of sp³-hybridized carbons (Fsp3) is 0.500. The molecule has 5 rings (SSSR count). The van der Waals surface area contributed by atoms with Gasteiger partial charge in [-0.05, 0) is 65.8 Å². The van der Waals surface area contributed by atoms with Crippen LogP contribution in [0.25, 0.3) is 22.4 Å². The molecule has 12 nitrogen and oxygen atoms in total. The summed E-state index contributed by atoms with van der Waals surface area (Å²) in [5.74, 6) is 1.78. The third-order valence-electron chi connectivity index (χ3n) is 7.17. The lowest BCUT2D eigenvalue weighted by atomic mass is 9.94. The standard InChI is InChI=1S/C26H34N8O4S/c1-4-6-18-16-33(3)24-23(18)27-25(28-26(24)35)20-15-19(7-8-21(20)38-13-5-2)39(36,37)34-11-9-17(10-12-34)14-22-29-31-32-30-22/h7-8,15-17H,4-6,9-14H2,1-3H3,(H,27,28,35)(H,29,30,31,32). The van der Waals surface area contributed by atoms with Gasteiger partial charge in [0.2, 0.25) is 10.0 Å². The molecule has 0 amide bonds. The number of aryl methyl sites for hydroxylation is 2. The molecule has 0 saturated carbocycles. The average Bonchev–Trinajstić information content (AvgIpc) is 3.55. The van der Waals surface area contributed by atoms with Crippen molar-refractivity contribution >= 4 is 21.1 Å². The van der Waals surface area contributed by atoms with E-state index < -0.39 is 10.0 Å². The molecule has 1 aliphatic heterocycles. The summed E-state index contributed by atoms with van der Waals surface area (Å²) in [7, 11) is -1.95. The summed E-state index contributed by atoms with van der Waals surface area (Å²) in [5, 5.41) is 13.9. The highest BCUT2D eigenvalue weighted by molar-refractivity contribution is 7.89. The molecule has 1 fully saturated rings. The zero-order chi connectivity index (χ0) is 27.6. The lowest BCUT2D eigenvalue weighted by Crippen LogP contribution is -2.39. The summed E-state index contributed by atoms with van der Waals surface area (Å²) in [6.45, 7) is 5.33. The lowest BCUT2D eigenvalue weighted by Gasteiger charge is -2.31. The quantitative estimate of drug-likeness (QED) is 0.304. The van der Waals surface area contributed by atoms with Crippen LogP contribution in [0.15, 0.2) is 34.1 Å². The van der Waals surface area contributed by atoms with E-state index in [1.54, 1.807) is 22.8 Å². The largest absolute Gasteiger partial charge is 0.493 e. The molecule has 1 saturated heterocycles. The van der Waals surface area contributed by atoms with E-state index in [1.165, 1.54) is 4.31 Å². The van der Waals surface area contributed by atoms with Crippen LogP contribution in [-0.4, -0.2) is 67.6 Å². The molecule has 13 heteroatoms. The lowest BCUT2D eigenvalue weighted by molar-refractivity contribution is 0.270. The molecule has 1 aliphatic rings. The molecule has 4 aromatic rings. The van der Waals surface area contributed by atoms with Crippen LogP contribution in [0.5, 0.6) is 5.75 Å². The SMILES string of the molecule is CCCOc1ccc(S(=O)(=O)N2CCC(Cc3nnn[nH]3)CC2)cc1-c1nc2c(CCC)cn(C)c2c(=O)[nH]1. The van der Waals surface area contributed by atoms with Crippen LogP contribution in [0.1, 0.15) is 50.9 Å². The van der Waals surface area contributed by atoms with Crippen LogP contribution in [0.3, 0.4) is 0 Å². The molecule has 3 aromatic heterocycles. The van der Waals surface area contributed by atoms with Gasteiger partial charge in [0.05, 0.1) is 22.6 Å². The number of hydrogen-bond donors (Lipinski definition) is 2. The van der Waals surface area contributed by atoms with Gasteiger partial charge in [-0.15, -0.1) is 5.10 Å². The molecule has 39 heavy (non-hydrogen) atoms. The summed E-state index contributed by atoms with van der Waals surface area (Å²) in [4.78, 5) is 20.9. The van der Waals surface area contributed by atoms with Gasteiger partial charge in [0, 0.05) is 32.8 Å². The molecule has 208 valence electrons. The van der Waals surface area contributed by atoms with Crippen molar-refractivity contribution < 1.29 is 13.2 Å². The predicted octanol–water partition coefficient (Wildman–Crippen LogP) is 2.83. The maximum Gasteiger partial charge on any atom is 0.275 e. The highest BCUT2D eigenvalue weighted by atomic mass is 32.2. The zero-order valence-corrected chi connectivity index (χ0v) is 23.3. The molecule has 0 unspecified atom stereocenters. The van der Waals surface area contributed by atoms with E-state index >= 15 is 0 Å². The van der Waals surface area contributed by atoms with Gasteiger partial charge in [-0.1, -0.05) is 20.3 Å². The second-order valence-electron chi connectivity index (χ2n) is 10.0. The van der Waals surface area contributed by atoms with E-state index in [1.807, 2.05) is 20.2 Å². The van der Waals surface area contributed by atoms with Crippen molar-refractivity contribution in [3.05, 3.63) is 46.1 Å². The Morgan fingerprint density at radius 2 is 1.95 bits per heavy atom. The number of aromatic nitrogens is 7. The predicted molar refractivity (Wildman–Crippen MR) is 146 cm³/mol. The fourth-order valence-corrected chi connectivity index (χ4v) is 6.69. The van der Waals surface area contributed by atoms with E-state index in [2.05, 4.69) is 32.5 Å². The van der Waals surface area contributed by atoms with Crippen molar-refractivity contribution in [1.82, 2.24) is 39.5 Å². The minimum absolute atomic E-state index is 0.142. The Morgan fingerprint density at radius 1 is 1.15 bits per heavy atom. The van der Waals surface area contributed by atoms with Crippen LogP contribution < -0.4 is 10.3 Å². The van der Waals surface area contributed by atoms with E-state index in [4.69, 9.17) is 9.72 Å². The normalized spacial score (nSPS) is 15.3. The number of H-pyrrole nitrogens is 2. The monoisotopic (exact) mass is 554 g/mol. The van der Waals surface area contributed by atoms with Gasteiger partial charge in [-0.25, -0.2) is 18.5 Å². The maximum atomic E-state index is 13.7. The number of aromatic amines is 2. The molecule has 0 atom stereocenters. The van der Waals surface area contributed by atoms with Gasteiger partial charge in [-0.3, -0.25) is 4.79 Å². The topological polar surface area (TPSA) is 152 Å². The molecule has 0 radical (unpaired) electrons. The molecular weight excluding hydrogens is 520 g/mol. The summed E-state index contributed by atoms with van der Waals surface area (Å²) in [5.41, 5.74) is 2.26. The van der Waals surface area contributed by atoms with Crippen LogP contribution in [0.4, 0.5) is 0 Å². The second-order valence-corrected chi connectivity index (χ2v) is 12.0. The van der Waals surface area contributed by atoms with Crippen molar-refractivity contribution in [3.63, 3.8) is 0 Å². The van der Waals surface area contributed by atoms with Crippen LogP contribution in [-0.2, 0) is 29.9 Å². The number of nitrogens with one attached hydrogen (secondary N) is 2. The van der Waals surface area contributed by atoms with E-state index in [0.717, 1.165) is 24.8 Å². The number of sulfonamides is 1. The third kappa shape index (κ3) is 5.46. The third-order valence-corrected chi connectivity index (χ3v) is 9.07. The number of hydrogen-bond acceptors (Lipinski definition) is 8. The summed E-state index contributed by atoms with van der Waals surface area (Å²) in [6.07, 6.45) is 6.51. The molecule has 0 bridgehead atoms. The number of rotatable bonds is 10. The Hall–Kier alpha value is -3.58. The first-order valence-corrected chi connectivity index (χ1v) is 14.8. The van der Waals surface area contributed by atoms with Crippen LogP contribution in [0, 0.1) is 5.92 Å². The molecule has 0 aliphatic carbocycles. The minimum atomic E-state index is -3.77. The van der Waals surface area contributed by atoms with Gasteiger partial charge >= 0.3 is 0 Å². The molecule has 0 spiro atoms. The van der Waals surface area contributed by atoms with Crippen molar-refractivity contribution in [2.24, 2.45) is 13.0 Å². The average molecular weight is 555 g/mol. The number of tetrazole rings is 1. The molecular formula is C26H34N8O4S. The molecule has 2 N–H and O–H groups in total. The summed E-state index contributed by atoms with van der Waals surface area (Å²) in [6, 6.07) is 4.79. The van der Waals surface area contributed by atoms with Crippen molar-refractivity contribution in [1.29, 1.82) is 0 Å². The first-order valence-electron chi connectivity index (χ1n) is 13.4. The highest BCUT2D eigenvalue weighted by Crippen LogP contribution is 2.33. The number of ether oxygens (including phenoxy) is 1. The Balaban J connectivity index is 1.48. The minimum Gasteiger partial charge on any atom is -0.493 e. The number of nitrogens with zero attached hydrogens (tertiary/aromatic N) is 6. The first kappa shape index (κ1) is 27.0. The van der Waals surface area contributed by atoms with Crippen LogP contribution in [0.2, 0.25) is 0 Å².